The van der Waals surface area contributed by atoms with Gasteiger partial charge in [0.25, 0.3) is 5.91 Å². The van der Waals surface area contributed by atoms with Crippen molar-refractivity contribution in [2.24, 2.45) is 0 Å². The lowest BCUT2D eigenvalue weighted by Gasteiger charge is -2.07. The summed E-state index contributed by atoms with van der Waals surface area (Å²) in [6.07, 6.45) is 2.90. The Kier molecular flexibility index (Phi) is 3.15. The molecule has 0 saturated carbocycles. The Morgan fingerprint density at radius 2 is 2.15 bits per heavy atom. The van der Waals surface area contributed by atoms with E-state index in [1.807, 2.05) is 19.2 Å². The van der Waals surface area contributed by atoms with Crippen LogP contribution in [0.4, 0.5) is 0 Å². The van der Waals surface area contributed by atoms with Gasteiger partial charge in [0.1, 0.15) is 18.3 Å². The Morgan fingerprint density at radius 1 is 1.30 bits per heavy atom. The van der Waals surface area contributed by atoms with E-state index in [-0.39, 0.29) is 5.91 Å². The van der Waals surface area contributed by atoms with Gasteiger partial charge >= 0.3 is 0 Å². The summed E-state index contributed by atoms with van der Waals surface area (Å²) in [6.45, 7) is 4.07. The highest BCUT2D eigenvalue weighted by Gasteiger charge is 2.13. The number of rotatable bonds is 3. The van der Waals surface area contributed by atoms with E-state index < -0.39 is 0 Å². The van der Waals surface area contributed by atoms with Crippen LogP contribution in [-0.4, -0.2) is 30.5 Å². The van der Waals surface area contributed by atoms with Crippen LogP contribution >= 0.6 is 11.3 Å². The molecular formula is C12H12N6OS. The van der Waals surface area contributed by atoms with Gasteiger partial charge in [0.05, 0.1) is 12.2 Å². The molecule has 0 aliphatic rings. The van der Waals surface area contributed by atoms with Crippen molar-refractivity contribution in [1.29, 1.82) is 0 Å². The zero-order valence-electron chi connectivity index (χ0n) is 11.0. The summed E-state index contributed by atoms with van der Waals surface area (Å²) in [7, 11) is 0. The maximum absolute atomic E-state index is 12.1. The zero-order chi connectivity index (χ0) is 14.1. The van der Waals surface area contributed by atoms with Gasteiger partial charge in [-0.1, -0.05) is 0 Å². The van der Waals surface area contributed by atoms with Gasteiger partial charge in [-0.25, -0.2) is 19.5 Å². The smallest absolute Gasteiger partial charge is 0.270 e. The molecule has 1 N–H and O–H groups in total. The van der Waals surface area contributed by atoms with Gasteiger partial charge in [-0.2, -0.15) is 5.10 Å². The first-order valence-electron chi connectivity index (χ1n) is 5.99. The summed E-state index contributed by atoms with van der Waals surface area (Å²) in [5.41, 5.74) is 2.89. The van der Waals surface area contributed by atoms with E-state index in [2.05, 4.69) is 25.4 Å². The molecule has 0 aliphatic carbocycles. The predicted molar refractivity (Wildman–Crippen MR) is 73.5 cm³/mol. The number of nitrogens with zero attached hydrogens (tertiary/aromatic N) is 5. The maximum Gasteiger partial charge on any atom is 0.270 e. The van der Waals surface area contributed by atoms with Crippen LogP contribution in [-0.2, 0) is 6.54 Å². The quantitative estimate of drug-likeness (QED) is 0.781. The van der Waals surface area contributed by atoms with Crippen LogP contribution in [0, 0.1) is 13.8 Å². The second kappa shape index (κ2) is 4.97. The average Bonchev–Trinajstić information content (AvgIpc) is 3.02. The Morgan fingerprint density at radius 3 is 3.00 bits per heavy atom. The van der Waals surface area contributed by atoms with Gasteiger partial charge in [-0.15, -0.1) is 11.3 Å². The van der Waals surface area contributed by atoms with Crippen LogP contribution in [0.25, 0.3) is 4.96 Å². The van der Waals surface area contributed by atoms with Crippen molar-refractivity contribution in [2.75, 3.05) is 0 Å². The third-order valence-corrected chi connectivity index (χ3v) is 3.95. The topological polar surface area (TPSA) is 85.1 Å². The number of nitrogens with one attached hydrogen (secondary N) is 1. The van der Waals surface area contributed by atoms with Gasteiger partial charge in [-0.3, -0.25) is 4.79 Å². The van der Waals surface area contributed by atoms with Crippen LogP contribution < -0.4 is 5.32 Å². The molecule has 8 heteroatoms. The molecule has 0 atom stereocenters. The first-order chi connectivity index (χ1) is 9.66. The first-order valence-corrected chi connectivity index (χ1v) is 6.87. The van der Waals surface area contributed by atoms with Crippen molar-refractivity contribution in [3.63, 3.8) is 0 Å². The summed E-state index contributed by atoms with van der Waals surface area (Å²) >= 11 is 1.49. The summed E-state index contributed by atoms with van der Waals surface area (Å²) in [5.74, 6) is -0.215. The SMILES string of the molecule is Cc1ncnc(C(=O)NCc2csc3ncnn23)c1C. The lowest BCUT2D eigenvalue weighted by atomic mass is 10.2. The van der Waals surface area contributed by atoms with E-state index in [9.17, 15) is 4.79 Å². The van der Waals surface area contributed by atoms with Crippen LogP contribution in [0.5, 0.6) is 0 Å². The largest absolute Gasteiger partial charge is 0.345 e. The monoisotopic (exact) mass is 288 g/mol. The van der Waals surface area contributed by atoms with Crippen molar-refractivity contribution in [3.05, 3.63) is 40.7 Å². The van der Waals surface area contributed by atoms with Gasteiger partial charge in [0.15, 0.2) is 0 Å². The van der Waals surface area contributed by atoms with Gasteiger partial charge < -0.3 is 5.32 Å². The molecule has 0 bridgehead atoms. The molecule has 3 aromatic rings. The normalized spacial score (nSPS) is 10.9. The Bertz CT molecular complexity index is 777. The van der Waals surface area contributed by atoms with E-state index in [1.165, 1.54) is 24.0 Å². The molecule has 0 unspecified atom stereocenters. The van der Waals surface area contributed by atoms with E-state index in [4.69, 9.17) is 0 Å². The highest BCUT2D eigenvalue weighted by atomic mass is 32.1. The summed E-state index contributed by atoms with van der Waals surface area (Å²) in [5, 5.41) is 8.86. The summed E-state index contributed by atoms with van der Waals surface area (Å²) in [6, 6.07) is 0. The molecule has 1 amide bonds. The van der Waals surface area contributed by atoms with Crippen molar-refractivity contribution in [3.8, 4) is 0 Å². The molecule has 20 heavy (non-hydrogen) atoms. The number of carbonyl (C=O) groups is 1. The number of amides is 1. The standard InChI is InChI=1S/C12H12N6OS/c1-7-8(2)14-5-15-10(7)11(19)13-3-9-4-20-12-16-6-17-18(9)12/h4-6H,3H2,1-2H3,(H,13,19). The summed E-state index contributed by atoms with van der Waals surface area (Å²) in [4.78, 5) is 25.1. The minimum absolute atomic E-state index is 0.215. The molecular weight excluding hydrogens is 276 g/mol. The van der Waals surface area contributed by atoms with Gasteiger partial charge in [0, 0.05) is 16.6 Å². The fourth-order valence-electron chi connectivity index (χ4n) is 1.82. The molecule has 0 saturated heterocycles. The van der Waals surface area contributed by atoms with Crippen LogP contribution in [0.1, 0.15) is 27.4 Å². The first kappa shape index (κ1) is 12.7. The Labute approximate surface area is 118 Å². The number of hydrogen-bond acceptors (Lipinski definition) is 6. The Hall–Kier alpha value is -2.35. The molecule has 0 aliphatic heterocycles. The lowest BCUT2D eigenvalue weighted by molar-refractivity contribution is 0.0944. The third-order valence-electron chi connectivity index (χ3n) is 3.07. The molecule has 3 aromatic heterocycles. The maximum atomic E-state index is 12.1. The van der Waals surface area contributed by atoms with Gasteiger partial charge in [-0.05, 0) is 13.8 Å². The van der Waals surface area contributed by atoms with Crippen molar-refractivity contribution < 1.29 is 4.79 Å². The van der Waals surface area contributed by atoms with E-state index in [0.717, 1.165) is 21.9 Å². The molecule has 3 heterocycles. The van der Waals surface area contributed by atoms with E-state index in [0.29, 0.717) is 12.2 Å². The second-order valence-electron chi connectivity index (χ2n) is 4.30. The Balaban J connectivity index is 1.77. The van der Waals surface area contributed by atoms with E-state index in [1.54, 1.807) is 4.52 Å². The minimum atomic E-state index is -0.215. The fourth-order valence-corrected chi connectivity index (χ4v) is 2.61. The van der Waals surface area contributed by atoms with Crippen molar-refractivity contribution in [2.45, 2.75) is 20.4 Å². The molecule has 0 aromatic carbocycles. The highest BCUT2D eigenvalue weighted by molar-refractivity contribution is 7.15. The zero-order valence-corrected chi connectivity index (χ0v) is 11.8. The van der Waals surface area contributed by atoms with Crippen LogP contribution in [0.15, 0.2) is 18.0 Å². The summed E-state index contributed by atoms with van der Waals surface area (Å²) < 4.78 is 1.71. The molecule has 0 radical (unpaired) electrons. The van der Waals surface area contributed by atoms with Crippen molar-refractivity contribution in [1.82, 2.24) is 29.9 Å². The second-order valence-corrected chi connectivity index (χ2v) is 5.13. The minimum Gasteiger partial charge on any atom is -0.345 e. The molecule has 102 valence electrons. The lowest BCUT2D eigenvalue weighted by Crippen LogP contribution is -2.25. The van der Waals surface area contributed by atoms with Crippen molar-refractivity contribution >= 4 is 22.2 Å². The molecule has 0 spiro atoms. The fraction of sp³-hybridized carbons (Fsp3) is 0.250. The molecule has 0 fully saturated rings. The van der Waals surface area contributed by atoms with Crippen LogP contribution in [0.3, 0.4) is 0 Å². The predicted octanol–water partition coefficient (Wildman–Crippen LogP) is 1.13. The number of aromatic nitrogens is 5. The van der Waals surface area contributed by atoms with E-state index >= 15 is 0 Å². The average molecular weight is 288 g/mol. The number of aryl methyl sites for hydroxylation is 1. The highest BCUT2D eigenvalue weighted by Crippen LogP contribution is 2.13. The van der Waals surface area contributed by atoms with Crippen LogP contribution in [0.2, 0.25) is 0 Å². The molecule has 7 nitrogen and oxygen atoms in total. The number of hydrogen-bond donors (Lipinski definition) is 1. The number of carbonyl (C=O) groups excluding carboxylic acids is 1. The van der Waals surface area contributed by atoms with Gasteiger partial charge in [0.2, 0.25) is 4.96 Å². The molecule has 3 rings (SSSR count). The third kappa shape index (κ3) is 2.14. The number of thiazole rings is 1. The number of fused-ring (bicyclic) bond motifs is 1.